The number of benzene rings is 1. The highest BCUT2D eigenvalue weighted by atomic mass is 32.2. The summed E-state index contributed by atoms with van der Waals surface area (Å²) in [5.74, 6) is 3.70. The van der Waals surface area contributed by atoms with E-state index in [0.29, 0.717) is 5.92 Å². The minimum atomic E-state index is -0.0357. The Morgan fingerprint density at radius 2 is 2.44 bits per heavy atom. The number of hydrogen-bond acceptors (Lipinski definition) is 3. The molecule has 0 radical (unpaired) electrons. The Hall–Kier alpha value is -1.36. The number of ether oxygens (including phenoxy) is 1. The molecule has 1 aliphatic heterocycles. The summed E-state index contributed by atoms with van der Waals surface area (Å²) in [7, 11) is 1.62. The molecule has 0 bridgehead atoms. The van der Waals surface area contributed by atoms with Gasteiger partial charge in [-0.3, -0.25) is 4.57 Å². The fourth-order valence-corrected chi connectivity index (χ4v) is 3.76. The zero-order valence-electron chi connectivity index (χ0n) is 10.3. The highest BCUT2D eigenvalue weighted by Gasteiger charge is 2.19. The molecule has 1 saturated heterocycles. The molecule has 0 amide bonds. The Bertz CT molecular complexity index is 611. The van der Waals surface area contributed by atoms with Gasteiger partial charge in [0.25, 0.3) is 0 Å². The van der Waals surface area contributed by atoms with E-state index < -0.39 is 0 Å². The maximum atomic E-state index is 12.0. The summed E-state index contributed by atoms with van der Waals surface area (Å²) in [6.07, 6.45) is 1.20. The lowest BCUT2D eigenvalue weighted by molar-refractivity contribution is 0.419. The van der Waals surface area contributed by atoms with E-state index in [1.807, 2.05) is 34.5 Å². The smallest absolute Gasteiger partial charge is 0.326 e. The lowest BCUT2D eigenvalue weighted by Gasteiger charge is -2.09. The fourth-order valence-electron chi connectivity index (χ4n) is 2.49. The van der Waals surface area contributed by atoms with Crippen molar-refractivity contribution in [2.45, 2.75) is 13.0 Å². The number of thioether (sulfide) groups is 1. The number of nitrogens with one attached hydrogen (secondary N) is 1. The first-order valence-electron chi connectivity index (χ1n) is 6.13. The molecule has 1 unspecified atom stereocenters. The number of aromatic amines is 1. The van der Waals surface area contributed by atoms with Crippen LogP contribution in [0.25, 0.3) is 11.0 Å². The van der Waals surface area contributed by atoms with Crippen LogP contribution in [0.4, 0.5) is 0 Å². The van der Waals surface area contributed by atoms with Crippen LogP contribution in [0.2, 0.25) is 0 Å². The molecule has 1 atom stereocenters. The Balaban J connectivity index is 2.05. The molecule has 18 heavy (non-hydrogen) atoms. The van der Waals surface area contributed by atoms with Crippen molar-refractivity contribution in [2.75, 3.05) is 18.6 Å². The number of methoxy groups -OCH3 is 1. The monoisotopic (exact) mass is 264 g/mol. The Morgan fingerprint density at radius 3 is 3.17 bits per heavy atom. The van der Waals surface area contributed by atoms with Crippen LogP contribution in [-0.2, 0) is 6.54 Å². The normalized spacial score (nSPS) is 19.5. The van der Waals surface area contributed by atoms with Gasteiger partial charge >= 0.3 is 5.69 Å². The van der Waals surface area contributed by atoms with Gasteiger partial charge in [0.1, 0.15) is 11.3 Å². The average Bonchev–Trinajstić information content (AvgIpc) is 2.99. The Labute approximate surface area is 109 Å². The third kappa shape index (κ3) is 1.92. The predicted molar refractivity (Wildman–Crippen MR) is 74.5 cm³/mol. The van der Waals surface area contributed by atoms with Crippen molar-refractivity contribution >= 4 is 22.8 Å². The molecule has 2 heterocycles. The molecule has 3 rings (SSSR count). The quantitative estimate of drug-likeness (QED) is 0.923. The second-order valence-corrected chi connectivity index (χ2v) is 5.77. The summed E-state index contributed by atoms with van der Waals surface area (Å²) in [4.78, 5) is 14.9. The zero-order chi connectivity index (χ0) is 12.5. The lowest BCUT2D eigenvalue weighted by atomic mass is 10.1. The van der Waals surface area contributed by atoms with Crippen LogP contribution in [0.5, 0.6) is 5.75 Å². The van der Waals surface area contributed by atoms with Crippen LogP contribution in [0.1, 0.15) is 6.42 Å². The molecule has 96 valence electrons. The maximum absolute atomic E-state index is 12.0. The summed E-state index contributed by atoms with van der Waals surface area (Å²) >= 11 is 1.97. The van der Waals surface area contributed by atoms with E-state index in [1.54, 1.807) is 7.11 Å². The molecule has 0 saturated carbocycles. The average molecular weight is 264 g/mol. The van der Waals surface area contributed by atoms with E-state index in [-0.39, 0.29) is 5.69 Å². The third-order valence-corrected chi connectivity index (χ3v) is 4.69. The SMILES string of the molecule is COc1cccc2c1[nH]c(=O)n2CC1CCSC1. The minimum absolute atomic E-state index is 0.0357. The van der Waals surface area contributed by atoms with Crippen molar-refractivity contribution in [3.05, 3.63) is 28.7 Å². The molecule has 1 fully saturated rings. The standard InChI is InChI=1S/C13H16N2O2S/c1-17-11-4-2-3-10-12(11)14-13(16)15(10)7-9-5-6-18-8-9/h2-4,9H,5-8H2,1H3,(H,14,16). The first kappa shape index (κ1) is 11.7. The summed E-state index contributed by atoms with van der Waals surface area (Å²) < 4.78 is 7.12. The van der Waals surface area contributed by atoms with E-state index in [4.69, 9.17) is 4.74 Å². The topological polar surface area (TPSA) is 47.0 Å². The summed E-state index contributed by atoms with van der Waals surface area (Å²) in [5, 5.41) is 0. The van der Waals surface area contributed by atoms with Crippen LogP contribution in [0.3, 0.4) is 0 Å². The van der Waals surface area contributed by atoms with Crippen LogP contribution >= 0.6 is 11.8 Å². The van der Waals surface area contributed by atoms with Crippen LogP contribution in [0.15, 0.2) is 23.0 Å². The van der Waals surface area contributed by atoms with Gasteiger partial charge < -0.3 is 9.72 Å². The van der Waals surface area contributed by atoms with Gasteiger partial charge in [-0.15, -0.1) is 0 Å². The first-order valence-corrected chi connectivity index (χ1v) is 7.28. The fraction of sp³-hybridized carbons (Fsp3) is 0.462. The van der Waals surface area contributed by atoms with Gasteiger partial charge in [-0.05, 0) is 36.0 Å². The molecular formula is C13H16N2O2S. The third-order valence-electron chi connectivity index (χ3n) is 3.46. The first-order chi connectivity index (χ1) is 8.79. The van der Waals surface area contributed by atoms with Crippen molar-refractivity contribution in [3.8, 4) is 5.75 Å². The van der Waals surface area contributed by atoms with Gasteiger partial charge in [-0.1, -0.05) is 6.07 Å². The molecule has 1 aromatic heterocycles. The van der Waals surface area contributed by atoms with Gasteiger partial charge in [0.2, 0.25) is 0 Å². The summed E-state index contributed by atoms with van der Waals surface area (Å²) in [5.41, 5.74) is 1.71. The molecular weight excluding hydrogens is 248 g/mol. The van der Waals surface area contributed by atoms with E-state index in [9.17, 15) is 4.79 Å². The highest BCUT2D eigenvalue weighted by molar-refractivity contribution is 7.99. The van der Waals surface area contributed by atoms with Crippen molar-refractivity contribution in [1.82, 2.24) is 9.55 Å². The molecule has 5 heteroatoms. The van der Waals surface area contributed by atoms with Crippen molar-refractivity contribution in [2.24, 2.45) is 5.92 Å². The number of imidazole rings is 1. The lowest BCUT2D eigenvalue weighted by Crippen LogP contribution is -2.21. The van der Waals surface area contributed by atoms with Gasteiger partial charge in [0.05, 0.1) is 12.6 Å². The number of nitrogens with zero attached hydrogens (tertiary/aromatic N) is 1. The number of rotatable bonds is 3. The molecule has 1 aliphatic rings. The molecule has 4 nitrogen and oxygen atoms in total. The number of para-hydroxylation sites is 1. The predicted octanol–water partition coefficient (Wildman–Crippen LogP) is 2.09. The van der Waals surface area contributed by atoms with Crippen LogP contribution < -0.4 is 10.4 Å². The second kappa shape index (κ2) is 4.72. The molecule has 0 aliphatic carbocycles. The summed E-state index contributed by atoms with van der Waals surface area (Å²) in [6, 6.07) is 5.76. The largest absolute Gasteiger partial charge is 0.494 e. The van der Waals surface area contributed by atoms with Gasteiger partial charge in [-0.25, -0.2) is 4.79 Å². The number of hydrogen-bond donors (Lipinski definition) is 1. The number of H-pyrrole nitrogens is 1. The van der Waals surface area contributed by atoms with Gasteiger partial charge in [0, 0.05) is 6.54 Å². The van der Waals surface area contributed by atoms with Crippen molar-refractivity contribution in [3.63, 3.8) is 0 Å². The van der Waals surface area contributed by atoms with E-state index in [2.05, 4.69) is 4.98 Å². The molecule has 1 N–H and O–H groups in total. The second-order valence-electron chi connectivity index (χ2n) is 4.62. The Kier molecular flexibility index (Phi) is 3.07. The number of fused-ring (bicyclic) bond motifs is 1. The maximum Gasteiger partial charge on any atom is 0.326 e. The van der Waals surface area contributed by atoms with Crippen LogP contribution in [0, 0.1) is 5.92 Å². The van der Waals surface area contributed by atoms with E-state index in [1.165, 1.54) is 12.2 Å². The van der Waals surface area contributed by atoms with E-state index in [0.717, 1.165) is 29.1 Å². The van der Waals surface area contributed by atoms with E-state index >= 15 is 0 Å². The minimum Gasteiger partial charge on any atom is -0.494 e. The molecule has 0 spiro atoms. The van der Waals surface area contributed by atoms with Crippen molar-refractivity contribution < 1.29 is 4.74 Å². The molecule has 2 aromatic rings. The van der Waals surface area contributed by atoms with Crippen LogP contribution in [-0.4, -0.2) is 28.2 Å². The highest BCUT2D eigenvalue weighted by Crippen LogP contribution is 2.27. The van der Waals surface area contributed by atoms with Crippen molar-refractivity contribution in [1.29, 1.82) is 0 Å². The van der Waals surface area contributed by atoms with Gasteiger partial charge in [-0.2, -0.15) is 11.8 Å². The summed E-state index contributed by atoms with van der Waals surface area (Å²) in [6.45, 7) is 0.805. The molecule has 1 aromatic carbocycles. The van der Waals surface area contributed by atoms with Gasteiger partial charge in [0.15, 0.2) is 0 Å². The number of aromatic nitrogens is 2. The zero-order valence-corrected chi connectivity index (χ0v) is 11.1. The Morgan fingerprint density at radius 1 is 1.56 bits per heavy atom.